The lowest BCUT2D eigenvalue weighted by molar-refractivity contribution is -0.126. The number of nitrogens with zero attached hydrogens (tertiary/aromatic N) is 1. The standard InChI is InChI=1S/C29H34FN3O/c1-21(2)33-20-26(18-28(33)29(34)31-17-16-25-10-6-7-11-27(25)30)32-19-22-12-14-24(15-13-22)23-8-4-3-5-9-23/h3-15,21,26,28,32H,16-20H2,1-2H3,(H,31,34)/t26-,28+/m1/s1. The molecule has 1 heterocycles. The van der Waals surface area contributed by atoms with Gasteiger partial charge in [0, 0.05) is 31.7 Å². The fourth-order valence-electron chi connectivity index (χ4n) is 4.68. The first-order valence-corrected chi connectivity index (χ1v) is 12.2. The van der Waals surface area contributed by atoms with E-state index in [9.17, 15) is 9.18 Å². The maximum atomic E-state index is 13.8. The normalized spacial score (nSPS) is 18.4. The smallest absolute Gasteiger partial charge is 0.237 e. The third-order valence-electron chi connectivity index (χ3n) is 6.61. The van der Waals surface area contributed by atoms with E-state index in [1.165, 1.54) is 22.8 Å². The SMILES string of the molecule is CC(C)N1C[C@H](NCc2ccc(-c3ccccc3)cc2)C[C@H]1C(=O)NCCc1ccccc1F. The molecule has 0 radical (unpaired) electrons. The lowest BCUT2D eigenvalue weighted by atomic mass is 10.0. The number of carbonyl (C=O) groups excluding carboxylic acids is 1. The monoisotopic (exact) mass is 459 g/mol. The van der Waals surface area contributed by atoms with Crippen LogP contribution >= 0.6 is 0 Å². The lowest BCUT2D eigenvalue weighted by Crippen LogP contribution is -2.46. The molecule has 4 rings (SSSR count). The zero-order valence-electron chi connectivity index (χ0n) is 20.0. The molecule has 3 aromatic rings. The van der Waals surface area contributed by atoms with Crippen LogP contribution in [0.1, 0.15) is 31.4 Å². The van der Waals surface area contributed by atoms with E-state index in [2.05, 4.69) is 77.9 Å². The molecule has 4 nitrogen and oxygen atoms in total. The quantitative estimate of drug-likeness (QED) is 0.484. The topological polar surface area (TPSA) is 44.4 Å². The van der Waals surface area contributed by atoms with Crippen LogP contribution in [0, 0.1) is 5.82 Å². The maximum absolute atomic E-state index is 13.8. The number of halogens is 1. The molecule has 2 N–H and O–H groups in total. The van der Waals surface area contributed by atoms with Gasteiger partial charge in [0.05, 0.1) is 6.04 Å². The predicted octanol–water partition coefficient (Wildman–Crippen LogP) is 4.79. The van der Waals surface area contributed by atoms with Crippen molar-refractivity contribution in [3.8, 4) is 11.1 Å². The summed E-state index contributed by atoms with van der Waals surface area (Å²) in [5.41, 5.74) is 4.29. The number of hydrogen-bond donors (Lipinski definition) is 2. The Labute approximate surface area is 202 Å². The fraction of sp³-hybridized carbons (Fsp3) is 0.345. The second-order valence-electron chi connectivity index (χ2n) is 9.32. The van der Waals surface area contributed by atoms with Gasteiger partial charge in [0.2, 0.25) is 5.91 Å². The predicted molar refractivity (Wildman–Crippen MR) is 136 cm³/mol. The molecule has 2 atom stereocenters. The van der Waals surface area contributed by atoms with Crippen LogP contribution in [0.4, 0.5) is 4.39 Å². The molecular weight excluding hydrogens is 425 g/mol. The van der Waals surface area contributed by atoms with Crippen molar-refractivity contribution in [3.05, 3.63) is 95.8 Å². The molecule has 0 bridgehead atoms. The Hall–Kier alpha value is -3.02. The first-order chi connectivity index (χ1) is 16.5. The Morgan fingerprint density at radius 3 is 2.35 bits per heavy atom. The van der Waals surface area contributed by atoms with E-state index in [1.54, 1.807) is 12.1 Å². The van der Waals surface area contributed by atoms with Crippen LogP contribution < -0.4 is 10.6 Å². The van der Waals surface area contributed by atoms with Crippen LogP contribution in [-0.2, 0) is 17.8 Å². The van der Waals surface area contributed by atoms with Crippen molar-refractivity contribution < 1.29 is 9.18 Å². The van der Waals surface area contributed by atoms with E-state index in [1.807, 2.05) is 12.1 Å². The van der Waals surface area contributed by atoms with Gasteiger partial charge in [0.1, 0.15) is 5.82 Å². The summed E-state index contributed by atoms with van der Waals surface area (Å²) in [6, 6.07) is 26.1. The second-order valence-corrected chi connectivity index (χ2v) is 9.32. The molecule has 0 aliphatic carbocycles. The van der Waals surface area contributed by atoms with Crippen molar-refractivity contribution in [1.29, 1.82) is 0 Å². The highest BCUT2D eigenvalue weighted by atomic mass is 19.1. The van der Waals surface area contributed by atoms with Gasteiger partial charge in [0.15, 0.2) is 0 Å². The average Bonchev–Trinajstić information content (AvgIpc) is 3.30. The highest BCUT2D eigenvalue weighted by Gasteiger charge is 2.37. The molecule has 0 spiro atoms. The minimum Gasteiger partial charge on any atom is -0.354 e. The van der Waals surface area contributed by atoms with Crippen molar-refractivity contribution in [2.24, 2.45) is 0 Å². The number of benzene rings is 3. The number of carbonyl (C=O) groups is 1. The molecule has 1 aliphatic rings. The number of likely N-dealkylation sites (tertiary alicyclic amines) is 1. The molecule has 1 saturated heterocycles. The molecule has 178 valence electrons. The largest absolute Gasteiger partial charge is 0.354 e. The number of hydrogen-bond acceptors (Lipinski definition) is 3. The first-order valence-electron chi connectivity index (χ1n) is 12.2. The van der Waals surface area contributed by atoms with Gasteiger partial charge >= 0.3 is 0 Å². The van der Waals surface area contributed by atoms with Crippen molar-refractivity contribution in [3.63, 3.8) is 0 Å². The zero-order chi connectivity index (χ0) is 23.9. The van der Waals surface area contributed by atoms with Crippen LogP contribution in [-0.4, -0.2) is 42.0 Å². The summed E-state index contributed by atoms with van der Waals surface area (Å²) in [4.78, 5) is 15.2. The lowest BCUT2D eigenvalue weighted by Gasteiger charge is -2.27. The molecule has 0 aromatic heterocycles. The summed E-state index contributed by atoms with van der Waals surface area (Å²) in [5, 5.41) is 6.67. The fourth-order valence-corrected chi connectivity index (χ4v) is 4.68. The molecule has 0 saturated carbocycles. The van der Waals surface area contributed by atoms with E-state index in [-0.39, 0.29) is 29.8 Å². The molecule has 1 fully saturated rings. The summed E-state index contributed by atoms with van der Waals surface area (Å²) in [7, 11) is 0. The molecule has 1 amide bonds. The van der Waals surface area contributed by atoms with Gasteiger partial charge in [-0.25, -0.2) is 4.39 Å². The average molecular weight is 460 g/mol. The van der Waals surface area contributed by atoms with E-state index in [4.69, 9.17) is 0 Å². The van der Waals surface area contributed by atoms with Gasteiger partial charge < -0.3 is 10.6 Å². The summed E-state index contributed by atoms with van der Waals surface area (Å²) < 4.78 is 13.8. The highest BCUT2D eigenvalue weighted by molar-refractivity contribution is 5.82. The summed E-state index contributed by atoms with van der Waals surface area (Å²) >= 11 is 0. The number of nitrogens with one attached hydrogen (secondary N) is 2. The van der Waals surface area contributed by atoms with Crippen LogP contribution in [0.2, 0.25) is 0 Å². The van der Waals surface area contributed by atoms with Crippen LogP contribution in [0.3, 0.4) is 0 Å². The van der Waals surface area contributed by atoms with Gasteiger partial charge in [-0.15, -0.1) is 0 Å². The Kier molecular flexibility index (Phi) is 8.09. The van der Waals surface area contributed by atoms with Gasteiger partial charge in [-0.1, -0.05) is 72.8 Å². The third kappa shape index (κ3) is 6.10. The van der Waals surface area contributed by atoms with Crippen molar-refractivity contribution in [2.75, 3.05) is 13.1 Å². The van der Waals surface area contributed by atoms with Crippen LogP contribution in [0.25, 0.3) is 11.1 Å². The molecule has 1 aliphatic heterocycles. The Bertz CT molecular complexity index is 1070. The summed E-state index contributed by atoms with van der Waals surface area (Å²) in [6.07, 6.45) is 1.26. The third-order valence-corrected chi connectivity index (χ3v) is 6.61. The second kappa shape index (κ2) is 11.4. The van der Waals surface area contributed by atoms with Crippen LogP contribution in [0.5, 0.6) is 0 Å². The first kappa shape index (κ1) is 24.1. The van der Waals surface area contributed by atoms with E-state index < -0.39 is 0 Å². The zero-order valence-corrected chi connectivity index (χ0v) is 20.0. The van der Waals surface area contributed by atoms with Gasteiger partial charge in [-0.05, 0) is 55.0 Å². The Morgan fingerprint density at radius 1 is 0.971 bits per heavy atom. The van der Waals surface area contributed by atoms with Gasteiger partial charge in [0.25, 0.3) is 0 Å². The molecule has 3 aromatic carbocycles. The van der Waals surface area contributed by atoms with Gasteiger partial charge in [-0.3, -0.25) is 9.69 Å². The minimum absolute atomic E-state index is 0.0292. The highest BCUT2D eigenvalue weighted by Crippen LogP contribution is 2.22. The minimum atomic E-state index is -0.220. The molecule has 0 unspecified atom stereocenters. The summed E-state index contributed by atoms with van der Waals surface area (Å²) in [6.45, 7) is 6.31. The van der Waals surface area contributed by atoms with E-state index in [0.29, 0.717) is 18.5 Å². The van der Waals surface area contributed by atoms with E-state index >= 15 is 0 Å². The maximum Gasteiger partial charge on any atom is 0.237 e. The molecule has 34 heavy (non-hydrogen) atoms. The van der Waals surface area contributed by atoms with Crippen LogP contribution in [0.15, 0.2) is 78.9 Å². The number of rotatable bonds is 9. The number of amides is 1. The molecular formula is C29H34FN3O. The van der Waals surface area contributed by atoms with Crippen molar-refractivity contribution >= 4 is 5.91 Å². The summed E-state index contributed by atoms with van der Waals surface area (Å²) in [5.74, 6) is -0.191. The van der Waals surface area contributed by atoms with Crippen molar-refractivity contribution in [2.45, 2.75) is 51.4 Å². The van der Waals surface area contributed by atoms with E-state index in [0.717, 1.165) is 19.5 Å². The van der Waals surface area contributed by atoms with Gasteiger partial charge in [-0.2, -0.15) is 0 Å². The Morgan fingerprint density at radius 2 is 1.65 bits per heavy atom. The van der Waals surface area contributed by atoms with Crippen molar-refractivity contribution in [1.82, 2.24) is 15.5 Å². The Balaban J connectivity index is 1.29. The molecule has 5 heteroatoms.